The number of nitrogens with two attached hydrogens (primary N) is 2. The van der Waals surface area contributed by atoms with Crippen molar-refractivity contribution in [3.8, 4) is 11.6 Å². The summed E-state index contributed by atoms with van der Waals surface area (Å²) in [7, 11) is 0. The molecule has 94 valence electrons. The first-order valence-corrected chi connectivity index (χ1v) is 5.41. The van der Waals surface area contributed by atoms with Gasteiger partial charge in [-0.2, -0.15) is 4.39 Å². The average molecular weight is 248 g/mol. The maximum atomic E-state index is 13.4. The second kappa shape index (κ2) is 5.52. The van der Waals surface area contributed by atoms with Gasteiger partial charge in [-0.1, -0.05) is 6.07 Å². The standard InChI is InChI=1S/C12H13FN4O/c13-11-9(7-15)10(3-5-16-11)18-12-8(6-14)2-1-4-17-12/h1-5H,6-7,14-15H2. The Morgan fingerprint density at radius 1 is 1.11 bits per heavy atom. The van der Waals surface area contributed by atoms with Crippen molar-refractivity contribution in [2.24, 2.45) is 11.5 Å². The average Bonchev–Trinajstić information content (AvgIpc) is 2.40. The Morgan fingerprint density at radius 2 is 1.94 bits per heavy atom. The zero-order chi connectivity index (χ0) is 13.0. The van der Waals surface area contributed by atoms with Crippen LogP contribution in [0.5, 0.6) is 11.6 Å². The first-order chi connectivity index (χ1) is 8.76. The van der Waals surface area contributed by atoms with E-state index in [2.05, 4.69) is 9.97 Å². The van der Waals surface area contributed by atoms with Crippen LogP contribution in [0.1, 0.15) is 11.1 Å². The summed E-state index contributed by atoms with van der Waals surface area (Å²) in [5, 5.41) is 0. The van der Waals surface area contributed by atoms with Crippen molar-refractivity contribution in [2.75, 3.05) is 0 Å². The summed E-state index contributed by atoms with van der Waals surface area (Å²) in [5.74, 6) is 0.0129. The minimum Gasteiger partial charge on any atom is -0.438 e. The van der Waals surface area contributed by atoms with Gasteiger partial charge in [0.2, 0.25) is 11.8 Å². The summed E-state index contributed by atoms with van der Waals surface area (Å²) in [5.41, 5.74) is 12.0. The highest BCUT2D eigenvalue weighted by atomic mass is 19.1. The number of halogens is 1. The third-order valence-electron chi connectivity index (χ3n) is 2.44. The van der Waals surface area contributed by atoms with Crippen molar-refractivity contribution in [1.82, 2.24) is 9.97 Å². The zero-order valence-corrected chi connectivity index (χ0v) is 9.64. The molecule has 0 aromatic carbocycles. The maximum Gasteiger partial charge on any atom is 0.223 e. The fourth-order valence-corrected chi connectivity index (χ4v) is 1.51. The van der Waals surface area contributed by atoms with Gasteiger partial charge >= 0.3 is 0 Å². The topological polar surface area (TPSA) is 87.0 Å². The van der Waals surface area contributed by atoms with Crippen LogP contribution in [0, 0.1) is 5.95 Å². The molecule has 18 heavy (non-hydrogen) atoms. The van der Waals surface area contributed by atoms with E-state index in [0.29, 0.717) is 11.6 Å². The van der Waals surface area contributed by atoms with Crippen LogP contribution in [0.2, 0.25) is 0 Å². The molecule has 0 atom stereocenters. The van der Waals surface area contributed by atoms with Crippen LogP contribution in [-0.4, -0.2) is 9.97 Å². The van der Waals surface area contributed by atoms with E-state index in [0.717, 1.165) is 5.56 Å². The highest BCUT2D eigenvalue weighted by molar-refractivity contribution is 5.36. The molecule has 0 aliphatic heterocycles. The van der Waals surface area contributed by atoms with Gasteiger partial charge in [-0.3, -0.25) is 0 Å². The first kappa shape index (κ1) is 12.4. The molecule has 0 fully saturated rings. The quantitative estimate of drug-likeness (QED) is 0.797. The van der Waals surface area contributed by atoms with Crippen LogP contribution in [0.25, 0.3) is 0 Å². The predicted octanol–water partition coefficient (Wildman–Crippen LogP) is 1.33. The van der Waals surface area contributed by atoms with Crippen LogP contribution < -0.4 is 16.2 Å². The smallest absolute Gasteiger partial charge is 0.223 e. The lowest BCUT2D eigenvalue weighted by Crippen LogP contribution is -2.06. The molecule has 2 heterocycles. The molecule has 0 saturated carbocycles. The summed E-state index contributed by atoms with van der Waals surface area (Å²) in [6.07, 6.45) is 2.89. The Morgan fingerprint density at radius 3 is 2.67 bits per heavy atom. The summed E-state index contributed by atoms with van der Waals surface area (Å²) in [4.78, 5) is 7.59. The van der Waals surface area contributed by atoms with Gasteiger partial charge in [0.1, 0.15) is 5.75 Å². The van der Waals surface area contributed by atoms with Crippen molar-refractivity contribution in [1.29, 1.82) is 0 Å². The molecule has 0 spiro atoms. The summed E-state index contributed by atoms with van der Waals surface area (Å²) < 4.78 is 19.0. The van der Waals surface area contributed by atoms with Gasteiger partial charge in [0, 0.05) is 31.0 Å². The third kappa shape index (κ3) is 2.44. The molecule has 0 aliphatic carbocycles. The number of nitrogens with zero attached hydrogens (tertiary/aromatic N) is 2. The van der Waals surface area contributed by atoms with Gasteiger partial charge < -0.3 is 16.2 Å². The first-order valence-electron chi connectivity index (χ1n) is 5.41. The molecule has 2 rings (SSSR count). The summed E-state index contributed by atoms with van der Waals surface area (Å²) in [6.45, 7) is 0.286. The number of hydrogen-bond donors (Lipinski definition) is 2. The van der Waals surface area contributed by atoms with Crippen LogP contribution in [0.4, 0.5) is 4.39 Å². The molecule has 0 bridgehead atoms. The van der Waals surface area contributed by atoms with Crippen molar-refractivity contribution in [2.45, 2.75) is 13.1 Å². The second-order valence-corrected chi connectivity index (χ2v) is 3.56. The molecule has 0 radical (unpaired) electrons. The van der Waals surface area contributed by atoms with Gasteiger partial charge in [0.25, 0.3) is 0 Å². The third-order valence-corrected chi connectivity index (χ3v) is 2.44. The SMILES string of the molecule is NCc1cccnc1Oc1ccnc(F)c1CN. The van der Waals surface area contributed by atoms with Crippen molar-refractivity contribution in [3.05, 3.63) is 47.7 Å². The number of hydrogen-bond acceptors (Lipinski definition) is 5. The van der Waals surface area contributed by atoms with E-state index in [1.165, 1.54) is 6.20 Å². The van der Waals surface area contributed by atoms with E-state index in [4.69, 9.17) is 16.2 Å². The van der Waals surface area contributed by atoms with E-state index in [-0.39, 0.29) is 18.7 Å². The van der Waals surface area contributed by atoms with Crippen LogP contribution in [-0.2, 0) is 13.1 Å². The van der Waals surface area contributed by atoms with Crippen LogP contribution in [0.3, 0.4) is 0 Å². The Kier molecular flexibility index (Phi) is 3.81. The lowest BCUT2D eigenvalue weighted by Gasteiger charge is -2.11. The van der Waals surface area contributed by atoms with Gasteiger partial charge in [0.05, 0.1) is 5.56 Å². The lowest BCUT2D eigenvalue weighted by atomic mass is 10.2. The highest BCUT2D eigenvalue weighted by Crippen LogP contribution is 2.26. The van der Waals surface area contributed by atoms with Gasteiger partial charge in [-0.05, 0) is 12.1 Å². The number of ether oxygens (including phenoxy) is 1. The van der Waals surface area contributed by atoms with E-state index in [1.54, 1.807) is 24.4 Å². The van der Waals surface area contributed by atoms with E-state index in [1.807, 2.05) is 0 Å². The molecule has 0 unspecified atom stereocenters. The number of rotatable bonds is 4. The van der Waals surface area contributed by atoms with Gasteiger partial charge in [-0.25, -0.2) is 9.97 Å². The molecular weight excluding hydrogens is 235 g/mol. The molecule has 5 nitrogen and oxygen atoms in total. The van der Waals surface area contributed by atoms with E-state index >= 15 is 0 Å². The molecule has 0 aliphatic rings. The highest BCUT2D eigenvalue weighted by Gasteiger charge is 2.12. The lowest BCUT2D eigenvalue weighted by molar-refractivity contribution is 0.439. The second-order valence-electron chi connectivity index (χ2n) is 3.56. The fourth-order valence-electron chi connectivity index (χ4n) is 1.51. The Labute approximate surface area is 104 Å². The summed E-state index contributed by atoms with van der Waals surface area (Å²) in [6, 6.07) is 5.09. The Balaban J connectivity index is 2.37. The monoisotopic (exact) mass is 248 g/mol. The van der Waals surface area contributed by atoms with E-state index in [9.17, 15) is 4.39 Å². The number of pyridine rings is 2. The molecule has 2 aromatic rings. The van der Waals surface area contributed by atoms with Crippen molar-refractivity contribution >= 4 is 0 Å². The van der Waals surface area contributed by atoms with E-state index < -0.39 is 5.95 Å². The molecule has 0 amide bonds. The maximum absolute atomic E-state index is 13.4. The van der Waals surface area contributed by atoms with Gasteiger partial charge in [-0.15, -0.1) is 0 Å². The molecule has 6 heteroatoms. The predicted molar refractivity (Wildman–Crippen MR) is 64.3 cm³/mol. The molecule has 0 saturated heterocycles. The molecule has 4 N–H and O–H groups in total. The van der Waals surface area contributed by atoms with Crippen molar-refractivity contribution < 1.29 is 9.13 Å². The molecular formula is C12H13FN4O. The van der Waals surface area contributed by atoms with Crippen LogP contribution >= 0.6 is 0 Å². The Hall–Kier alpha value is -2.05. The number of aromatic nitrogens is 2. The normalized spacial score (nSPS) is 10.4. The zero-order valence-electron chi connectivity index (χ0n) is 9.64. The minimum absolute atomic E-state index is 0.000200. The van der Waals surface area contributed by atoms with Crippen LogP contribution in [0.15, 0.2) is 30.6 Å². The van der Waals surface area contributed by atoms with Crippen molar-refractivity contribution in [3.63, 3.8) is 0 Å². The largest absolute Gasteiger partial charge is 0.438 e. The molecule has 2 aromatic heterocycles. The minimum atomic E-state index is -0.639. The fraction of sp³-hybridized carbons (Fsp3) is 0.167. The Bertz CT molecular complexity index is 547. The van der Waals surface area contributed by atoms with Gasteiger partial charge in [0.15, 0.2) is 0 Å². The summed E-state index contributed by atoms with van der Waals surface area (Å²) >= 11 is 0.